The van der Waals surface area contributed by atoms with Crippen LogP contribution in [0.1, 0.15) is 59.3 Å². The van der Waals surface area contributed by atoms with Crippen molar-refractivity contribution in [1.82, 2.24) is 10.6 Å². The highest BCUT2D eigenvalue weighted by Crippen LogP contribution is 2.32. The van der Waals surface area contributed by atoms with Gasteiger partial charge in [0, 0.05) is 38.4 Å². The maximum atomic E-state index is 11.2. The van der Waals surface area contributed by atoms with Crippen LogP contribution in [-0.4, -0.2) is 44.0 Å². The lowest BCUT2D eigenvalue weighted by atomic mass is 9.94. The number of amides is 1. The summed E-state index contributed by atoms with van der Waals surface area (Å²) in [5, 5.41) is 6.19. The zero-order valence-corrected chi connectivity index (χ0v) is 13.9. The molecule has 0 saturated heterocycles. The summed E-state index contributed by atoms with van der Waals surface area (Å²) in [5.74, 6) is -0.369. The van der Waals surface area contributed by atoms with Crippen molar-refractivity contribution in [3.8, 4) is 0 Å². The summed E-state index contributed by atoms with van der Waals surface area (Å²) >= 11 is 0. The summed E-state index contributed by atoms with van der Waals surface area (Å²) in [6.07, 6.45) is 5.98. The van der Waals surface area contributed by atoms with Crippen LogP contribution < -0.4 is 10.6 Å². The molecule has 1 saturated carbocycles. The van der Waals surface area contributed by atoms with Crippen LogP contribution in [0.3, 0.4) is 0 Å². The third-order valence-electron chi connectivity index (χ3n) is 3.75. The number of carbonyl (C=O) groups excluding carboxylic acids is 1. The number of ether oxygens (including phenoxy) is 2. The van der Waals surface area contributed by atoms with Crippen LogP contribution in [0.25, 0.3) is 0 Å². The fourth-order valence-corrected chi connectivity index (χ4v) is 2.56. The van der Waals surface area contributed by atoms with E-state index in [-0.39, 0.29) is 5.91 Å². The van der Waals surface area contributed by atoms with Gasteiger partial charge in [0.05, 0.1) is 13.2 Å². The van der Waals surface area contributed by atoms with Gasteiger partial charge in [0.15, 0.2) is 5.79 Å². The van der Waals surface area contributed by atoms with Crippen molar-refractivity contribution in [2.45, 2.75) is 71.1 Å². The van der Waals surface area contributed by atoms with Crippen molar-refractivity contribution in [1.29, 1.82) is 0 Å². The van der Waals surface area contributed by atoms with Crippen molar-refractivity contribution in [2.75, 3.05) is 26.3 Å². The van der Waals surface area contributed by atoms with Crippen LogP contribution in [0.5, 0.6) is 0 Å². The molecular formula is C16H32N2O3. The normalized spacial score (nSPS) is 17.9. The summed E-state index contributed by atoms with van der Waals surface area (Å²) in [7, 11) is 0. The first-order valence-electron chi connectivity index (χ1n) is 8.36. The molecule has 5 nitrogen and oxygen atoms in total. The first-order chi connectivity index (χ1) is 10.1. The van der Waals surface area contributed by atoms with E-state index in [0.717, 1.165) is 32.2 Å². The minimum absolute atomic E-state index is 0.0679. The van der Waals surface area contributed by atoms with Gasteiger partial charge >= 0.3 is 0 Å². The van der Waals surface area contributed by atoms with Gasteiger partial charge in [-0.2, -0.15) is 0 Å². The molecule has 21 heavy (non-hydrogen) atoms. The number of hydrogen-bond donors (Lipinski definition) is 2. The molecule has 1 aliphatic rings. The lowest BCUT2D eigenvalue weighted by Gasteiger charge is -2.37. The topological polar surface area (TPSA) is 59.6 Å². The van der Waals surface area contributed by atoms with Crippen LogP contribution in [0.15, 0.2) is 0 Å². The Morgan fingerprint density at radius 2 is 1.71 bits per heavy atom. The number of carbonyl (C=O) groups is 1. The van der Waals surface area contributed by atoms with Gasteiger partial charge in [-0.15, -0.1) is 0 Å². The van der Waals surface area contributed by atoms with Gasteiger partial charge < -0.3 is 20.1 Å². The van der Waals surface area contributed by atoms with E-state index < -0.39 is 5.79 Å². The average Bonchev–Trinajstić information content (AvgIpc) is 2.49. The highest BCUT2D eigenvalue weighted by Gasteiger charge is 2.33. The molecule has 0 bridgehead atoms. The fraction of sp³-hybridized carbons (Fsp3) is 0.938. The molecule has 0 unspecified atom stereocenters. The van der Waals surface area contributed by atoms with Gasteiger partial charge in [0.2, 0.25) is 5.91 Å². The predicted molar refractivity (Wildman–Crippen MR) is 84.2 cm³/mol. The van der Waals surface area contributed by atoms with E-state index in [2.05, 4.69) is 24.5 Å². The van der Waals surface area contributed by atoms with Crippen molar-refractivity contribution in [3.05, 3.63) is 0 Å². The van der Waals surface area contributed by atoms with Crippen LogP contribution in [0.2, 0.25) is 0 Å². The van der Waals surface area contributed by atoms with Gasteiger partial charge in [-0.25, -0.2) is 0 Å². The molecule has 1 amide bonds. The highest BCUT2D eigenvalue weighted by molar-refractivity contribution is 5.75. The van der Waals surface area contributed by atoms with Crippen molar-refractivity contribution >= 4 is 5.91 Å². The van der Waals surface area contributed by atoms with Gasteiger partial charge in [0.1, 0.15) is 0 Å². The molecule has 0 spiro atoms. The Morgan fingerprint density at radius 1 is 1.10 bits per heavy atom. The molecule has 5 heteroatoms. The monoisotopic (exact) mass is 300 g/mol. The lowest BCUT2D eigenvalue weighted by Crippen LogP contribution is -2.42. The highest BCUT2D eigenvalue weighted by atomic mass is 16.7. The van der Waals surface area contributed by atoms with Crippen LogP contribution >= 0.6 is 0 Å². The first-order valence-corrected chi connectivity index (χ1v) is 8.36. The maximum Gasteiger partial charge on any atom is 0.219 e. The Bertz CT molecular complexity index is 289. The van der Waals surface area contributed by atoms with Crippen LogP contribution in [0, 0.1) is 0 Å². The van der Waals surface area contributed by atoms with E-state index >= 15 is 0 Å². The molecule has 2 N–H and O–H groups in total. The molecule has 0 aromatic heterocycles. The average molecular weight is 300 g/mol. The largest absolute Gasteiger partial charge is 0.354 e. The second kappa shape index (κ2) is 10.1. The first kappa shape index (κ1) is 18.4. The molecule has 124 valence electrons. The summed E-state index contributed by atoms with van der Waals surface area (Å²) < 4.78 is 12.1. The molecule has 1 rings (SSSR count). The number of hydrogen-bond acceptors (Lipinski definition) is 4. The molecule has 0 radical (unpaired) electrons. The Hall–Kier alpha value is -0.650. The van der Waals surface area contributed by atoms with Gasteiger partial charge in [0.25, 0.3) is 0 Å². The Balaban J connectivity index is 2.30. The quantitative estimate of drug-likeness (QED) is 0.480. The lowest BCUT2D eigenvalue weighted by molar-refractivity contribution is -0.250. The molecule has 1 fully saturated rings. The number of nitrogens with one attached hydrogen (secondary N) is 2. The summed E-state index contributed by atoms with van der Waals surface area (Å²) in [6, 6.07) is 0.473. The zero-order chi connectivity index (χ0) is 15.6. The van der Waals surface area contributed by atoms with E-state index in [1.807, 2.05) is 6.92 Å². The number of rotatable bonds is 10. The van der Waals surface area contributed by atoms with Crippen molar-refractivity contribution < 1.29 is 14.3 Å². The van der Waals surface area contributed by atoms with E-state index in [9.17, 15) is 4.79 Å². The van der Waals surface area contributed by atoms with E-state index in [1.54, 1.807) is 0 Å². The van der Waals surface area contributed by atoms with Crippen LogP contribution in [-0.2, 0) is 14.3 Å². The summed E-state index contributed by atoms with van der Waals surface area (Å²) in [4.78, 5) is 11.2. The second-order valence-electron chi connectivity index (χ2n) is 5.98. The van der Waals surface area contributed by atoms with E-state index in [0.29, 0.717) is 32.2 Å². The molecule has 0 aliphatic heterocycles. The Kier molecular flexibility index (Phi) is 8.88. The third-order valence-corrected chi connectivity index (χ3v) is 3.75. The Labute approximate surface area is 129 Å². The van der Waals surface area contributed by atoms with Crippen LogP contribution in [0.4, 0.5) is 0 Å². The predicted octanol–water partition coefficient (Wildman–Crippen LogP) is 2.20. The third kappa shape index (κ3) is 7.79. The van der Waals surface area contributed by atoms with Gasteiger partial charge in [-0.1, -0.05) is 27.2 Å². The molecule has 0 heterocycles. The fourth-order valence-electron chi connectivity index (χ4n) is 2.56. The van der Waals surface area contributed by atoms with Gasteiger partial charge in [-0.3, -0.25) is 4.79 Å². The molecule has 0 aromatic carbocycles. The zero-order valence-electron chi connectivity index (χ0n) is 13.9. The van der Waals surface area contributed by atoms with Crippen molar-refractivity contribution in [3.63, 3.8) is 0 Å². The maximum absolute atomic E-state index is 11.2. The standard InChI is InChI=1S/C16H32N2O3/c1-4-15(19)18-11-13-21-16(8-6-5-7-9-16)20-12-10-17-14(2)3/h14,17H,4-13H2,1-3H3,(H,18,19). The Morgan fingerprint density at radius 3 is 2.29 bits per heavy atom. The molecular weight excluding hydrogens is 268 g/mol. The molecule has 1 aliphatic carbocycles. The smallest absolute Gasteiger partial charge is 0.219 e. The summed E-state index contributed by atoms with van der Waals surface area (Å²) in [5.41, 5.74) is 0. The van der Waals surface area contributed by atoms with E-state index in [1.165, 1.54) is 6.42 Å². The minimum Gasteiger partial charge on any atom is -0.354 e. The summed E-state index contributed by atoms with van der Waals surface area (Å²) in [6.45, 7) is 8.69. The van der Waals surface area contributed by atoms with E-state index in [4.69, 9.17) is 9.47 Å². The SMILES string of the molecule is CCC(=O)NCCOC1(OCCNC(C)C)CCCCC1. The van der Waals surface area contributed by atoms with Crippen molar-refractivity contribution in [2.24, 2.45) is 0 Å². The minimum atomic E-state index is -0.437. The molecule has 0 aromatic rings. The molecule has 0 atom stereocenters. The van der Waals surface area contributed by atoms with Gasteiger partial charge in [-0.05, 0) is 12.8 Å². The second-order valence-corrected chi connectivity index (χ2v) is 5.98.